The van der Waals surface area contributed by atoms with Crippen LogP contribution in [0.15, 0.2) is 30.6 Å². The van der Waals surface area contributed by atoms with E-state index in [1.54, 1.807) is 24.5 Å². The van der Waals surface area contributed by atoms with Gasteiger partial charge in [0.05, 0.1) is 29.0 Å². The van der Waals surface area contributed by atoms with Crippen molar-refractivity contribution in [1.29, 1.82) is 10.7 Å². The van der Waals surface area contributed by atoms with Crippen LogP contribution in [0, 0.1) is 16.7 Å². The molecule has 0 saturated carbocycles. The summed E-state index contributed by atoms with van der Waals surface area (Å²) in [5.41, 5.74) is 14.0. The van der Waals surface area contributed by atoms with Crippen LogP contribution in [-0.2, 0) is 6.54 Å². The lowest BCUT2D eigenvalue weighted by atomic mass is 10.2. The summed E-state index contributed by atoms with van der Waals surface area (Å²) < 4.78 is 0. The lowest BCUT2D eigenvalue weighted by Gasteiger charge is -2.08. The van der Waals surface area contributed by atoms with Gasteiger partial charge in [0, 0.05) is 22.9 Å². The first-order valence-corrected chi connectivity index (χ1v) is 8.04. The minimum absolute atomic E-state index is 0.280. The van der Waals surface area contributed by atoms with Crippen molar-refractivity contribution in [1.82, 2.24) is 15.0 Å². The van der Waals surface area contributed by atoms with Gasteiger partial charge in [-0.1, -0.05) is 0 Å². The number of rotatable bonds is 5. The quantitative estimate of drug-likeness (QED) is 0.515. The molecule has 3 aromatic rings. The average molecular weight is 350 g/mol. The van der Waals surface area contributed by atoms with Crippen molar-refractivity contribution >= 4 is 34.9 Å². The van der Waals surface area contributed by atoms with E-state index < -0.39 is 0 Å². The standard InChI is InChI=1S/C16H14N8S/c17-4-10-2-1-9(6-21-10)13-8-22-15(20)16(24-13)23-7-11-3-12(19)14(5-18)25-11/h1-3,5-6,8,18H,7,19H2,(H2,20,22)(H,23,24). The summed E-state index contributed by atoms with van der Waals surface area (Å²) in [4.78, 5) is 14.3. The predicted molar refractivity (Wildman–Crippen MR) is 98.3 cm³/mol. The van der Waals surface area contributed by atoms with Crippen molar-refractivity contribution < 1.29 is 0 Å². The second-order valence-corrected chi connectivity index (χ2v) is 6.23. The predicted octanol–water partition coefficient (Wildman–Crippen LogP) is 2.25. The van der Waals surface area contributed by atoms with E-state index in [1.165, 1.54) is 17.6 Å². The first kappa shape index (κ1) is 16.4. The Morgan fingerprint density at radius 1 is 1.28 bits per heavy atom. The maximum absolute atomic E-state index is 8.81. The molecule has 8 nitrogen and oxygen atoms in total. The zero-order chi connectivity index (χ0) is 17.8. The molecule has 0 aromatic carbocycles. The summed E-state index contributed by atoms with van der Waals surface area (Å²) in [5, 5.41) is 19.2. The molecule has 25 heavy (non-hydrogen) atoms. The number of hydrogen-bond acceptors (Lipinski definition) is 9. The van der Waals surface area contributed by atoms with Crippen molar-refractivity contribution in [2.75, 3.05) is 16.8 Å². The highest BCUT2D eigenvalue weighted by molar-refractivity contribution is 7.14. The zero-order valence-electron chi connectivity index (χ0n) is 13.0. The summed E-state index contributed by atoms with van der Waals surface area (Å²) in [5.74, 6) is 0.729. The van der Waals surface area contributed by atoms with Crippen LogP contribution in [0.1, 0.15) is 15.4 Å². The Bertz CT molecular complexity index is 955. The van der Waals surface area contributed by atoms with Gasteiger partial charge in [-0.2, -0.15) is 5.26 Å². The number of nitrogen functional groups attached to an aromatic ring is 2. The van der Waals surface area contributed by atoms with Gasteiger partial charge in [0.1, 0.15) is 11.8 Å². The minimum atomic E-state index is 0.280. The van der Waals surface area contributed by atoms with Crippen LogP contribution in [0.5, 0.6) is 0 Å². The Kier molecular flexibility index (Phi) is 4.54. The molecule has 0 spiro atoms. The van der Waals surface area contributed by atoms with E-state index in [2.05, 4.69) is 20.3 Å². The molecule has 3 rings (SSSR count). The molecule has 0 aliphatic carbocycles. The smallest absolute Gasteiger partial charge is 0.169 e. The van der Waals surface area contributed by atoms with Gasteiger partial charge in [-0.3, -0.25) is 0 Å². The number of pyridine rings is 1. The molecule has 0 aliphatic heterocycles. The molecule has 0 amide bonds. The Morgan fingerprint density at radius 3 is 2.76 bits per heavy atom. The fourth-order valence-corrected chi connectivity index (χ4v) is 2.97. The van der Waals surface area contributed by atoms with Gasteiger partial charge in [-0.15, -0.1) is 11.3 Å². The highest BCUT2D eigenvalue weighted by atomic mass is 32.1. The highest BCUT2D eigenvalue weighted by Gasteiger charge is 2.09. The normalized spacial score (nSPS) is 10.2. The van der Waals surface area contributed by atoms with E-state index >= 15 is 0 Å². The highest BCUT2D eigenvalue weighted by Crippen LogP contribution is 2.25. The van der Waals surface area contributed by atoms with Gasteiger partial charge < -0.3 is 22.2 Å². The van der Waals surface area contributed by atoms with Crippen LogP contribution in [0.2, 0.25) is 0 Å². The van der Waals surface area contributed by atoms with Crippen molar-refractivity contribution in [3.63, 3.8) is 0 Å². The Morgan fingerprint density at radius 2 is 2.12 bits per heavy atom. The average Bonchev–Trinajstić information content (AvgIpc) is 3.01. The lowest BCUT2D eigenvalue weighted by Crippen LogP contribution is -2.06. The fraction of sp³-hybridized carbons (Fsp3) is 0.0625. The number of hydrogen-bond donors (Lipinski definition) is 4. The fourth-order valence-electron chi connectivity index (χ4n) is 2.12. The number of anilines is 3. The third kappa shape index (κ3) is 3.54. The molecule has 0 saturated heterocycles. The molecule has 0 fully saturated rings. The number of nitrogens with zero attached hydrogens (tertiary/aromatic N) is 4. The maximum Gasteiger partial charge on any atom is 0.169 e. The summed E-state index contributed by atoms with van der Waals surface area (Å²) in [6.45, 7) is 0.469. The largest absolute Gasteiger partial charge is 0.398 e. The summed E-state index contributed by atoms with van der Waals surface area (Å²) in [7, 11) is 0. The monoisotopic (exact) mass is 350 g/mol. The molecule has 3 heterocycles. The van der Waals surface area contributed by atoms with Crippen LogP contribution in [0.4, 0.5) is 17.3 Å². The number of nitrogens with one attached hydrogen (secondary N) is 2. The molecule has 0 aliphatic rings. The number of nitrogens with two attached hydrogens (primary N) is 2. The molecule has 6 N–H and O–H groups in total. The van der Waals surface area contributed by atoms with Crippen molar-refractivity contribution in [2.24, 2.45) is 0 Å². The summed E-state index contributed by atoms with van der Waals surface area (Å²) in [6.07, 6.45) is 4.36. The van der Waals surface area contributed by atoms with Crippen LogP contribution >= 0.6 is 11.3 Å². The SMILES string of the molecule is N#Cc1ccc(-c2cnc(N)c(NCc3cc(N)c(C=N)s3)n2)cn1. The molecule has 0 atom stereocenters. The molecule has 3 aromatic heterocycles. The Labute approximate surface area is 147 Å². The molecule has 0 radical (unpaired) electrons. The van der Waals surface area contributed by atoms with Crippen molar-refractivity contribution in [3.8, 4) is 17.3 Å². The Balaban J connectivity index is 1.81. The van der Waals surface area contributed by atoms with Crippen LogP contribution < -0.4 is 16.8 Å². The third-order valence-corrected chi connectivity index (χ3v) is 4.48. The first-order chi connectivity index (χ1) is 12.1. The van der Waals surface area contributed by atoms with Crippen LogP contribution in [0.3, 0.4) is 0 Å². The van der Waals surface area contributed by atoms with Crippen molar-refractivity contribution in [2.45, 2.75) is 6.54 Å². The second-order valence-electron chi connectivity index (χ2n) is 5.06. The maximum atomic E-state index is 8.81. The van der Waals surface area contributed by atoms with Gasteiger partial charge in [0.2, 0.25) is 0 Å². The first-order valence-electron chi connectivity index (χ1n) is 7.22. The second kappa shape index (κ2) is 6.94. The number of nitriles is 1. The van der Waals surface area contributed by atoms with Crippen LogP contribution in [-0.4, -0.2) is 21.2 Å². The molecule has 0 bridgehead atoms. The summed E-state index contributed by atoms with van der Waals surface area (Å²) >= 11 is 1.43. The molecule has 0 unspecified atom stereocenters. The van der Waals surface area contributed by atoms with E-state index in [0.717, 1.165) is 10.4 Å². The molecule has 9 heteroatoms. The topological polar surface area (TPSA) is 150 Å². The van der Waals surface area contributed by atoms with Gasteiger partial charge in [0.15, 0.2) is 11.6 Å². The molecular formula is C16H14N8S. The lowest BCUT2D eigenvalue weighted by molar-refractivity contribution is 1.11. The van der Waals surface area contributed by atoms with Gasteiger partial charge >= 0.3 is 0 Å². The van der Waals surface area contributed by atoms with E-state index in [4.69, 9.17) is 22.1 Å². The van der Waals surface area contributed by atoms with Gasteiger partial charge in [-0.25, -0.2) is 15.0 Å². The zero-order valence-corrected chi connectivity index (χ0v) is 13.8. The minimum Gasteiger partial charge on any atom is -0.398 e. The van der Waals surface area contributed by atoms with E-state index in [-0.39, 0.29) is 5.82 Å². The number of aromatic nitrogens is 3. The molecule has 124 valence electrons. The Hall–Kier alpha value is -3.51. The molecular weight excluding hydrogens is 336 g/mol. The summed E-state index contributed by atoms with van der Waals surface area (Å²) in [6, 6.07) is 7.16. The van der Waals surface area contributed by atoms with Gasteiger partial charge in [-0.05, 0) is 18.2 Å². The van der Waals surface area contributed by atoms with E-state index in [0.29, 0.717) is 34.3 Å². The van der Waals surface area contributed by atoms with E-state index in [1.807, 2.05) is 12.1 Å². The van der Waals surface area contributed by atoms with Crippen molar-refractivity contribution in [3.05, 3.63) is 46.0 Å². The third-order valence-electron chi connectivity index (χ3n) is 3.38. The van der Waals surface area contributed by atoms with Crippen LogP contribution in [0.25, 0.3) is 11.3 Å². The number of thiophene rings is 1. The van der Waals surface area contributed by atoms with Gasteiger partial charge in [0.25, 0.3) is 0 Å². The van der Waals surface area contributed by atoms with E-state index in [9.17, 15) is 0 Å².